The van der Waals surface area contributed by atoms with Gasteiger partial charge in [0.2, 0.25) is 15.9 Å². The number of carbonyl (C=O) groups excluding carboxylic acids is 1. The molecule has 1 saturated heterocycles. The number of ether oxygens (including phenoxy) is 1. The summed E-state index contributed by atoms with van der Waals surface area (Å²) < 4.78 is 32.5. The van der Waals surface area contributed by atoms with Crippen LogP contribution in [-0.2, 0) is 21.4 Å². The summed E-state index contributed by atoms with van der Waals surface area (Å²) in [6.45, 7) is 5.59. The van der Waals surface area contributed by atoms with Crippen molar-refractivity contribution in [3.63, 3.8) is 0 Å². The van der Waals surface area contributed by atoms with Crippen molar-refractivity contribution in [2.24, 2.45) is 5.92 Å². The predicted molar refractivity (Wildman–Crippen MR) is 112 cm³/mol. The molecule has 3 rings (SSSR count). The Balaban J connectivity index is 1.53. The third-order valence-corrected chi connectivity index (χ3v) is 7.07. The molecule has 6 nitrogen and oxygen atoms in total. The van der Waals surface area contributed by atoms with Gasteiger partial charge >= 0.3 is 0 Å². The highest BCUT2D eigenvalue weighted by Gasteiger charge is 2.31. The normalized spacial score (nSPS) is 15.8. The summed E-state index contributed by atoms with van der Waals surface area (Å²) in [6.07, 6.45) is 1.05. The molecule has 0 aliphatic carbocycles. The van der Waals surface area contributed by atoms with Crippen molar-refractivity contribution in [3.05, 3.63) is 59.7 Å². The van der Waals surface area contributed by atoms with Crippen LogP contribution in [0, 0.1) is 12.8 Å². The minimum Gasteiger partial charge on any atom is -0.494 e. The van der Waals surface area contributed by atoms with Crippen LogP contribution < -0.4 is 10.1 Å². The van der Waals surface area contributed by atoms with E-state index in [1.807, 2.05) is 38.1 Å². The number of aryl methyl sites for hydroxylation is 1. The molecular formula is C22H28N2O4S. The first-order valence-electron chi connectivity index (χ1n) is 9.96. The minimum absolute atomic E-state index is 0.0285. The first kappa shape index (κ1) is 21.3. The number of hydrogen-bond acceptors (Lipinski definition) is 4. The number of nitrogens with one attached hydrogen (secondary N) is 1. The van der Waals surface area contributed by atoms with Crippen LogP contribution in [0.1, 0.15) is 30.9 Å². The van der Waals surface area contributed by atoms with Gasteiger partial charge in [0.25, 0.3) is 0 Å². The van der Waals surface area contributed by atoms with Gasteiger partial charge < -0.3 is 10.1 Å². The molecular weight excluding hydrogens is 388 g/mol. The molecule has 0 aromatic heterocycles. The maximum atomic E-state index is 12.8. The van der Waals surface area contributed by atoms with Crippen LogP contribution in [0.2, 0.25) is 0 Å². The number of benzene rings is 2. The molecule has 2 aromatic rings. The van der Waals surface area contributed by atoms with E-state index in [0.717, 1.165) is 16.9 Å². The third kappa shape index (κ3) is 5.36. The van der Waals surface area contributed by atoms with E-state index in [4.69, 9.17) is 4.74 Å². The van der Waals surface area contributed by atoms with Gasteiger partial charge in [-0.25, -0.2) is 8.42 Å². The zero-order valence-corrected chi connectivity index (χ0v) is 17.7. The molecule has 1 aliphatic rings. The van der Waals surface area contributed by atoms with Crippen LogP contribution >= 0.6 is 0 Å². The van der Waals surface area contributed by atoms with Crippen molar-refractivity contribution >= 4 is 15.9 Å². The van der Waals surface area contributed by atoms with Crippen LogP contribution in [0.15, 0.2) is 53.4 Å². The Kier molecular flexibility index (Phi) is 6.92. The Labute approximate surface area is 172 Å². The van der Waals surface area contributed by atoms with Crippen LogP contribution in [0.25, 0.3) is 0 Å². The summed E-state index contributed by atoms with van der Waals surface area (Å²) >= 11 is 0. The smallest absolute Gasteiger partial charge is 0.243 e. The van der Waals surface area contributed by atoms with Crippen LogP contribution in [-0.4, -0.2) is 38.3 Å². The number of rotatable bonds is 7. The average molecular weight is 417 g/mol. The lowest BCUT2D eigenvalue weighted by Crippen LogP contribution is -2.42. The number of hydrogen-bond donors (Lipinski definition) is 1. The van der Waals surface area contributed by atoms with E-state index in [-0.39, 0.29) is 11.8 Å². The van der Waals surface area contributed by atoms with Gasteiger partial charge in [-0.15, -0.1) is 0 Å². The Morgan fingerprint density at radius 1 is 1.14 bits per heavy atom. The average Bonchev–Trinajstić information content (AvgIpc) is 2.73. The van der Waals surface area contributed by atoms with E-state index >= 15 is 0 Å². The van der Waals surface area contributed by atoms with Crippen molar-refractivity contribution in [1.29, 1.82) is 0 Å². The van der Waals surface area contributed by atoms with Gasteiger partial charge in [0.15, 0.2) is 0 Å². The molecule has 1 amide bonds. The summed E-state index contributed by atoms with van der Waals surface area (Å²) in [5, 5.41) is 2.97. The van der Waals surface area contributed by atoms with Crippen molar-refractivity contribution in [2.75, 3.05) is 19.7 Å². The Hall–Kier alpha value is -2.38. The topological polar surface area (TPSA) is 75.7 Å². The molecule has 0 atom stereocenters. The second-order valence-electron chi connectivity index (χ2n) is 7.29. The van der Waals surface area contributed by atoms with E-state index in [1.54, 1.807) is 24.3 Å². The van der Waals surface area contributed by atoms with Crippen molar-refractivity contribution in [3.8, 4) is 5.75 Å². The van der Waals surface area contributed by atoms with Crippen molar-refractivity contribution in [2.45, 2.75) is 38.1 Å². The maximum absolute atomic E-state index is 12.8. The van der Waals surface area contributed by atoms with Crippen LogP contribution in [0.5, 0.6) is 5.75 Å². The van der Waals surface area contributed by atoms with Gasteiger partial charge in [-0.05, 0) is 56.5 Å². The lowest BCUT2D eigenvalue weighted by Gasteiger charge is -2.30. The maximum Gasteiger partial charge on any atom is 0.243 e. The summed E-state index contributed by atoms with van der Waals surface area (Å²) in [7, 11) is -3.51. The zero-order valence-electron chi connectivity index (χ0n) is 16.9. The van der Waals surface area contributed by atoms with E-state index in [9.17, 15) is 13.2 Å². The van der Waals surface area contributed by atoms with Gasteiger partial charge in [0, 0.05) is 25.6 Å². The fraction of sp³-hybridized carbons (Fsp3) is 0.409. The SMILES string of the molecule is CCOc1cccc(CNC(=O)C2CCN(S(=O)(=O)c3ccc(C)cc3)CC2)c1. The predicted octanol–water partition coefficient (Wildman–Crippen LogP) is 3.11. The zero-order chi connectivity index (χ0) is 20.9. The number of piperidine rings is 1. The summed E-state index contributed by atoms with van der Waals surface area (Å²) in [4.78, 5) is 12.8. The van der Waals surface area contributed by atoms with Gasteiger partial charge in [0.05, 0.1) is 11.5 Å². The molecule has 1 heterocycles. The molecule has 1 fully saturated rings. The van der Waals surface area contributed by atoms with Crippen molar-refractivity contribution < 1.29 is 17.9 Å². The summed E-state index contributed by atoms with van der Waals surface area (Å²) in [5.74, 6) is 0.586. The molecule has 1 aliphatic heterocycles. The van der Waals surface area contributed by atoms with Gasteiger partial charge in [0.1, 0.15) is 5.75 Å². The minimum atomic E-state index is -3.51. The number of nitrogens with zero attached hydrogens (tertiary/aromatic N) is 1. The highest BCUT2D eigenvalue weighted by molar-refractivity contribution is 7.89. The first-order chi connectivity index (χ1) is 13.9. The first-order valence-corrected chi connectivity index (χ1v) is 11.4. The number of sulfonamides is 1. The number of amides is 1. The van der Waals surface area contributed by atoms with Gasteiger partial charge in [-0.3, -0.25) is 4.79 Å². The molecule has 7 heteroatoms. The lowest BCUT2D eigenvalue weighted by atomic mass is 9.97. The molecule has 0 bridgehead atoms. The summed E-state index contributed by atoms with van der Waals surface area (Å²) in [6, 6.07) is 14.5. The van der Waals surface area contributed by atoms with E-state index < -0.39 is 10.0 Å². The van der Waals surface area contributed by atoms with Crippen molar-refractivity contribution in [1.82, 2.24) is 9.62 Å². The van der Waals surface area contributed by atoms with E-state index in [2.05, 4.69) is 5.32 Å². The molecule has 0 saturated carbocycles. The Bertz CT molecular complexity index is 934. The Morgan fingerprint density at radius 3 is 2.48 bits per heavy atom. The molecule has 0 radical (unpaired) electrons. The lowest BCUT2D eigenvalue weighted by molar-refractivity contribution is -0.126. The molecule has 156 valence electrons. The Morgan fingerprint density at radius 2 is 1.83 bits per heavy atom. The highest BCUT2D eigenvalue weighted by Crippen LogP contribution is 2.24. The second-order valence-corrected chi connectivity index (χ2v) is 9.23. The molecule has 0 unspecified atom stereocenters. The molecule has 29 heavy (non-hydrogen) atoms. The van der Waals surface area contributed by atoms with E-state index in [1.165, 1.54) is 4.31 Å². The monoisotopic (exact) mass is 416 g/mol. The van der Waals surface area contributed by atoms with Gasteiger partial charge in [-0.1, -0.05) is 29.8 Å². The quantitative estimate of drug-likeness (QED) is 0.753. The van der Waals surface area contributed by atoms with Crippen LogP contribution in [0.4, 0.5) is 0 Å². The second kappa shape index (κ2) is 9.41. The standard InChI is InChI=1S/C22H28N2O4S/c1-3-28-20-6-4-5-18(15-20)16-23-22(25)19-11-13-24(14-12-19)29(26,27)21-9-7-17(2)8-10-21/h4-10,15,19H,3,11-14,16H2,1-2H3,(H,23,25). The number of carbonyl (C=O) groups is 1. The summed E-state index contributed by atoms with van der Waals surface area (Å²) in [5.41, 5.74) is 2.00. The fourth-order valence-electron chi connectivity index (χ4n) is 3.46. The van der Waals surface area contributed by atoms with Gasteiger partial charge in [-0.2, -0.15) is 4.31 Å². The highest BCUT2D eigenvalue weighted by atomic mass is 32.2. The van der Waals surface area contributed by atoms with E-state index in [0.29, 0.717) is 44.0 Å². The largest absolute Gasteiger partial charge is 0.494 e. The third-order valence-electron chi connectivity index (χ3n) is 5.16. The van der Waals surface area contributed by atoms with Crippen LogP contribution in [0.3, 0.4) is 0 Å². The molecule has 0 spiro atoms. The molecule has 2 aromatic carbocycles. The fourth-order valence-corrected chi connectivity index (χ4v) is 4.93. The molecule has 1 N–H and O–H groups in total.